The van der Waals surface area contributed by atoms with Crippen LogP contribution in [0, 0.1) is 11.8 Å². The molecule has 0 bridgehead atoms. The summed E-state index contributed by atoms with van der Waals surface area (Å²) in [5.41, 5.74) is 7.50. The minimum atomic E-state index is -0.687. The summed E-state index contributed by atoms with van der Waals surface area (Å²) in [7, 11) is 0. The Bertz CT molecular complexity index is 696. The molecule has 192 valence electrons. The standard InChI is InChI=1S/C30H49NO3/c1-2-3-7-17-28(32)18-11-5-4-8-14-25(19-22-31)26(23-29(33)34)24-30(20-12-13-21-30)27-15-9-6-10-16-27/h6,9-11,15-16,18,25-26,28,32H,2-5,7-8,12-14,17,19-24,31H2,1H3,(H,33,34)/t25-,26-,28-/m1/s1. The van der Waals surface area contributed by atoms with Gasteiger partial charge in [-0.1, -0.05) is 94.4 Å². The Hall–Kier alpha value is -1.65. The average molecular weight is 472 g/mol. The topological polar surface area (TPSA) is 83.5 Å². The molecular formula is C30H49NO3. The molecule has 4 N–H and O–H groups in total. The van der Waals surface area contributed by atoms with Gasteiger partial charge in [0.1, 0.15) is 0 Å². The monoisotopic (exact) mass is 471 g/mol. The number of unbranched alkanes of at least 4 members (excludes halogenated alkanes) is 4. The highest BCUT2D eigenvalue weighted by molar-refractivity contribution is 5.67. The number of benzene rings is 1. The van der Waals surface area contributed by atoms with Gasteiger partial charge < -0.3 is 15.9 Å². The predicted molar refractivity (Wildman–Crippen MR) is 142 cm³/mol. The molecule has 2 rings (SSSR count). The molecule has 1 aliphatic rings. The molecule has 1 aromatic carbocycles. The van der Waals surface area contributed by atoms with Crippen LogP contribution < -0.4 is 5.73 Å². The highest BCUT2D eigenvalue weighted by Gasteiger charge is 2.39. The van der Waals surface area contributed by atoms with Gasteiger partial charge in [-0.15, -0.1) is 0 Å². The number of allylic oxidation sites excluding steroid dienone is 1. The lowest BCUT2D eigenvalue weighted by Gasteiger charge is -2.37. The number of rotatable bonds is 18. The Morgan fingerprint density at radius 1 is 1.03 bits per heavy atom. The van der Waals surface area contributed by atoms with Crippen LogP contribution in [0.4, 0.5) is 0 Å². The van der Waals surface area contributed by atoms with Crippen molar-refractivity contribution in [3.05, 3.63) is 48.0 Å². The molecule has 1 aliphatic carbocycles. The van der Waals surface area contributed by atoms with Gasteiger partial charge in [-0.05, 0) is 74.3 Å². The van der Waals surface area contributed by atoms with Crippen LogP contribution in [0.15, 0.2) is 42.5 Å². The Morgan fingerprint density at radius 2 is 1.74 bits per heavy atom. The lowest BCUT2D eigenvalue weighted by Crippen LogP contribution is -2.31. The molecule has 0 amide bonds. The van der Waals surface area contributed by atoms with Crippen molar-refractivity contribution in [3.8, 4) is 0 Å². The maximum Gasteiger partial charge on any atom is 0.303 e. The molecule has 34 heavy (non-hydrogen) atoms. The van der Waals surface area contributed by atoms with Gasteiger partial charge in [-0.25, -0.2) is 0 Å². The van der Waals surface area contributed by atoms with Crippen molar-refractivity contribution < 1.29 is 15.0 Å². The highest BCUT2D eigenvalue weighted by atomic mass is 16.4. The van der Waals surface area contributed by atoms with Crippen LogP contribution in [0.5, 0.6) is 0 Å². The van der Waals surface area contributed by atoms with Crippen LogP contribution in [0.3, 0.4) is 0 Å². The predicted octanol–water partition coefficient (Wildman–Crippen LogP) is 7.00. The third-order valence-corrected chi connectivity index (χ3v) is 7.90. The van der Waals surface area contributed by atoms with Gasteiger partial charge in [0.15, 0.2) is 0 Å². The number of carboxylic acids is 1. The van der Waals surface area contributed by atoms with Crippen LogP contribution in [0.1, 0.15) is 109 Å². The molecular weight excluding hydrogens is 422 g/mol. The molecule has 0 heterocycles. The smallest absolute Gasteiger partial charge is 0.303 e. The molecule has 4 nitrogen and oxygen atoms in total. The second kappa shape index (κ2) is 16.1. The van der Waals surface area contributed by atoms with Gasteiger partial charge >= 0.3 is 5.97 Å². The molecule has 1 saturated carbocycles. The zero-order valence-electron chi connectivity index (χ0n) is 21.5. The zero-order chi connectivity index (χ0) is 24.7. The Morgan fingerprint density at radius 3 is 2.38 bits per heavy atom. The molecule has 3 atom stereocenters. The lowest BCUT2D eigenvalue weighted by molar-refractivity contribution is -0.138. The van der Waals surface area contributed by atoms with E-state index in [0.29, 0.717) is 12.5 Å². The van der Waals surface area contributed by atoms with Crippen LogP contribution in [-0.4, -0.2) is 28.8 Å². The van der Waals surface area contributed by atoms with Gasteiger partial charge in [0.05, 0.1) is 6.10 Å². The molecule has 1 aromatic rings. The Labute approximate surface area is 208 Å². The number of aliphatic carboxylic acids is 1. The Balaban J connectivity index is 1.95. The van der Waals surface area contributed by atoms with E-state index in [0.717, 1.165) is 64.2 Å². The summed E-state index contributed by atoms with van der Waals surface area (Å²) in [4.78, 5) is 11.8. The van der Waals surface area contributed by atoms with Gasteiger partial charge in [0.25, 0.3) is 0 Å². The maximum atomic E-state index is 11.8. The van der Waals surface area contributed by atoms with E-state index >= 15 is 0 Å². The fourth-order valence-corrected chi connectivity index (χ4v) is 6.04. The van der Waals surface area contributed by atoms with E-state index in [1.807, 2.05) is 6.08 Å². The fraction of sp³-hybridized carbons (Fsp3) is 0.700. The van der Waals surface area contributed by atoms with E-state index in [1.54, 1.807) is 0 Å². The van der Waals surface area contributed by atoms with Crippen molar-refractivity contribution in [2.45, 2.75) is 115 Å². The minimum absolute atomic E-state index is 0.116. The van der Waals surface area contributed by atoms with Crippen LogP contribution in [0.2, 0.25) is 0 Å². The first-order valence-corrected chi connectivity index (χ1v) is 13.8. The van der Waals surface area contributed by atoms with Crippen molar-refractivity contribution in [1.29, 1.82) is 0 Å². The first-order valence-electron chi connectivity index (χ1n) is 13.8. The quantitative estimate of drug-likeness (QED) is 0.159. The summed E-state index contributed by atoms with van der Waals surface area (Å²) in [5, 5.41) is 19.8. The number of nitrogens with two attached hydrogens (primary N) is 1. The van der Waals surface area contributed by atoms with Crippen molar-refractivity contribution in [3.63, 3.8) is 0 Å². The lowest BCUT2D eigenvalue weighted by atomic mass is 9.68. The number of hydrogen-bond donors (Lipinski definition) is 3. The SMILES string of the molecule is CCCCC[C@@H](O)C=CCCCC[C@H](CCN)[C@H](CC(=O)O)CC1(c2ccccc2)CCCC1. The summed E-state index contributed by atoms with van der Waals surface area (Å²) < 4.78 is 0. The molecule has 0 spiro atoms. The largest absolute Gasteiger partial charge is 0.481 e. The van der Waals surface area contributed by atoms with Gasteiger partial charge in [0, 0.05) is 6.42 Å². The van der Waals surface area contributed by atoms with E-state index in [4.69, 9.17) is 5.73 Å². The van der Waals surface area contributed by atoms with Crippen LogP contribution >= 0.6 is 0 Å². The number of aliphatic hydroxyl groups excluding tert-OH is 1. The summed E-state index contributed by atoms with van der Waals surface area (Å²) in [6, 6.07) is 10.8. The highest BCUT2D eigenvalue weighted by Crippen LogP contribution is 2.48. The van der Waals surface area contributed by atoms with Crippen molar-refractivity contribution in [2.24, 2.45) is 17.6 Å². The normalized spacial score (nSPS) is 18.2. The second-order valence-electron chi connectivity index (χ2n) is 10.5. The zero-order valence-corrected chi connectivity index (χ0v) is 21.5. The minimum Gasteiger partial charge on any atom is -0.481 e. The molecule has 0 unspecified atom stereocenters. The van der Waals surface area contributed by atoms with E-state index in [2.05, 4.69) is 43.3 Å². The molecule has 0 aromatic heterocycles. The summed E-state index contributed by atoms with van der Waals surface area (Å²) in [6.45, 7) is 2.79. The van der Waals surface area contributed by atoms with E-state index < -0.39 is 5.97 Å². The number of hydrogen-bond acceptors (Lipinski definition) is 3. The van der Waals surface area contributed by atoms with E-state index in [1.165, 1.54) is 31.2 Å². The van der Waals surface area contributed by atoms with Crippen LogP contribution in [-0.2, 0) is 10.2 Å². The molecule has 0 radical (unpaired) electrons. The summed E-state index contributed by atoms with van der Waals surface area (Å²) in [5.74, 6) is -0.172. The number of carbonyl (C=O) groups is 1. The average Bonchev–Trinajstić information content (AvgIpc) is 3.30. The number of carboxylic acid groups (broad SMARTS) is 1. The first kappa shape index (κ1) is 28.6. The van der Waals surface area contributed by atoms with E-state index in [-0.39, 0.29) is 23.9 Å². The maximum absolute atomic E-state index is 11.8. The van der Waals surface area contributed by atoms with Crippen molar-refractivity contribution in [1.82, 2.24) is 0 Å². The molecule has 1 fully saturated rings. The fourth-order valence-electron chi connectivity index (χ4n) is 6.04. The van der Waals surface area contributed by atoms with Gasteiger partial charge in [-0.2, -0.15) is 0 Å². The summed E-state index contributed by atoms with van der Waals surface area (Å²) >= 11 is 0. The summed E-state index contributed by atoms with van der Waals surface area (Å²) in [6.07, 6.45) is 19.1. The van der Waals surface area contributed by atoms with E-state index in [9.17, 15) is 15.0 Å². The number of aliphatic hydroxyl groups is 1. The van der Waals surface area contributed by atoms with Crippen LogP contribution in [0.25, 0.3) is 0 Å². The molecule has 0 aliphatic heterocycles. The van der Waals surface area contributed by atoms with Gasteiger partial charge in [-0.3, -0.25) is 4.79 Å². The molecule has 4 heteroatoms. The third-order valence-electron chi connectivity index (χ3n) is 7.90. The van der Waals surface area contributed by atoms with Crippen molar-refractivity contribution >= 4 is 5.97 Å². The van der Waals surface area contributed by atoms with Gasteiger partial charge in [0.2, 0.25) is 0 Å². The second-order valence-corrected chi connectivity index (χ2v) is 10.5. The third kappa shape index (κ3) is 9.92. The first-order chi connectivity index (χ1) is 16.5. The van der Waals surface area contributed by atoms with Crippen molar-refractivity contribution in [2.75, 3.05) is 6.54 Å². The Kier molecular flexibility index (Phi) is 13.5. The molecule has 0 saturated heterocycles.